The van der Waals surface area contributed by atoms with Gasteiger partial charge in [0.05, 0.1) is 29.6 Å². The maximum absolute atomic E-state index is 14.7. The van der Waals surface area contributed by atoms with E-state index in [-0.39, 0.29) is 34.5 Å². The Morgan fingerprint density at radius 2 is 1.97 bits per heavy atom. The molecule has 0 aliphatic carbocycles. The number of benzene rings is 1. The van der Waals surface area contributed by atoms with Gasteiger partial charge in [0.2, 0.25) is 5.95 Å². The lowest BCUT2D eigenvalue weighted by atomic mass is 9.88. The predicted octanol–water partition coefficient (Wildman–Crippen LogP) is 5.80. The monoisotopic (exact) mass is 509 g/mol. The minimum atomic E-state index is -2.53. The molecule has 0 bridgehead atoms. The van der Waals surface area contributed by atoms with E-state index in [0.29, 0.717) is 16.8 Å². The van der Waals surface area contributed by atoms with Gasteiger partial charge in [-0.15, -0.1) is 0 Å². The first-order valence-electron chi connectivity index (χ1n) is 14.3. The Bertz CT molecular complexity index is 1650. The standard InChI is InChI=1S/C27H30FN7O2/c1-7-21(36)17-14-29-23(32-22-12-11-18(25(28)33-22)27(2,3)4)13-20(17)31-19-10-8-9-16(24(19)37-6)26-30-15-35(5)34-26/h8-15H,7H2,1-6H3,(H2,29,31,32,33)/i1D3,5D3. The van der Waals surface area contributed by atoms with Crippen molar-refractivity contribution in [2.24, 2.45) is 6.98 Å². The molecule has 37 heavy (non-hydrogen) atoms. The Labute approximate surface area is 223 Å². The second-order valence-electron chi connectivity index (χ2n) is 9.15. The van der Waals surface area contributed by atoms with Gasteiger partial charge in [0.15, 0.2) is 17.4 Å². The number of ketones is 1. The highest BCUT2D eigenvalue weighted by molar-refractivity contribution is 6.02. The highest BCUT2D eigenvalue weighted by atomic mass is 19.1. The molecule has 9 nitrogen and oxygen atoms in total. The molecular formula is C27H30FN7O2. The second kappa shape index (κ2) is 10.3. The van der Waals surface area contributed by atoms with Gasteiger partial charge in [-0.25, -0.2) is 15.0 Å². The molecule has 192 valence electrons. The van der Waals surface area contributed by atoms with Crippen LogP contribution in [0.25, 0.3) is 11.4 Å². The number of aryl methyl sites for hydroxylation is 1. The third kappa shape index (κ3) is 5.58. The largest absolute Gasteiger partial charge is 0.494 e. The maximum Gasteiger partial charge on any atom is 0.218 e. The molecule has 0 fully saturated rings. The third-order valence-corrected chi connectivity index (χ3v) is 5.50. The van der Waals surface area contributed by atoms with Crippen molar-refractivity contribution in [1.29, 1.82) is 0 Å². The van der Waals surface area contributed by atoms with E-state index in [1.807, 2.05) is 20.8 Å². The van der Waals surface area contributed by atoms with E-state index in [2.05, 4.69) is 30.7 Å². The topological polar surface area (TPSA) is 107 Å². The van der Waals surface area contributed by atoms with Crippen molar-refractivity contribution >= 4 is 28.8 Å². The maximum atomic E-state index is 14.7. The Hall–Kier alpha value is -4.34. The van der Waals surface area contributed by atoms with Crippen molar-refractivity contribution < 1.29 is 22.1 Å². The summed E-state index contributed by atoms with van der Waals surface area (Å²) in [6.07, 6.45) is 1.57. The van der Waals surface area contributed by atoms with Crippen molar-refractivity contribution in [2.45, 2.75) is 39.5 Å². The number of nitrogens with zero attached hydrogens (tertiary/aromatic N) is 5. The number of Topliss-reactive ketones (excluding diaryl/α,β-unsaturated/α-hetero) is 1. The number of hydrogen-bond acceptors (Lipinski definition) is 8. The molecule has 0 saturated heterocycles. The van der Waals surface area contributed by atoms with Crippen molar-refractivity contribution in [3.05, 3.63) is 66.0 Å². The number of carbonyl (C=O) groups is 1. The van der Waals surface area contributed by atoms with Gasteiger partial charge < -0.3 is 15.4 Å². The highest BCUT2D eigenvalue weighted by Gasteiger charge is 2.21. The van der Waals surface area contributed by atoms with Crippen LogP contribution in [0.4, 0.5) is 27.4 Å². The molecule has 0 unspecified atom stereocenters. The number of aromatic nitrogens is 5. The van der Waals surface area contributed by atoms with E-state index >= 15 is 0 Å². The zero-order valence-corrected chi connectivity index (χ0v) is 20.8. The lowest BCUT2D eigenvalue weighted by molar-refractivity contribution is 0.0988. The van der Waals surface area contributed by atoms with Gasteiger partial charge in [0.1, 0.15) is 18.0 Å². The number of carbonyl (C=O) groups excluding carboxylic acids is 1. The molecule has 4 aromatic rings. The Morgan fingerprint density at radius 3 is 2.65 bits per heavy atom. The van der Waals surface area contributed by atoms with Gasteiger partial charge in [-0.2, -0.15) is 9.49 Å². The van der Waals surface area contributed by atoms with Crippen LogP contribution in [-0.4, -0.2) is 37.6 Å². The summed E-state index contributed by atoms with van der Waals surface area (Å²) >= 11 is 0. The number of para-hydroxylation sites is 1. The summed E-state index contributed by atoms with van der Waals surface area (Å²) in [7, 11) is 1.40. The van der Waals surface area contributed by atoms with E-state index in [1.54, 1.807) is 30.3 Å². The smallest absolute Gasteiger partial charge is 0.218 e. The SMILES string of the molecule is [2H]C([2H])([2H])CC(=O)c1cnc(Nc2ccc(C(C)(C)C)c(F)n2)cc1Nc1cccc(-c2ncn(C([2H])([2H])[2H])n2)c1OC. The third-order valence-electron chi connectivity index (χ3n) is 5.50. The average molecular weight is 510 g/mol. The molecule has 3 heterocycles. The van der Waals surface area contributed by atoms with Gasteiger partial charge in [-0.05, 0) is 23.6 Å². The van der Waals surface area contributed by atoms with Crippen LogP contribution in [0.3, 0.4) is 0 Å². The zero-order chi connectivity index (χ0) is 31.7. The van der Waals surface area contributed by atoms with Crippen LogP contribution in [0, 0.1) is 5.95 Å². The molecule has 0 aliphatic heterocycles. The zero-order valence-electron chi connectivity index (χ0n) is 26.8. The van der Waals surface area contributed by atoms with Crippen molar-refractivity contribution in [1.82, 2.24) is 24.7 Å². The van der Waals surface area contributed by atoms with Gasteiger partial charge in [0.25, 0.3) is 0 Å². The summed E-state index contributed by atoms with van der Waals surface area (Å²) in [6, 6.07) is 9.59. The minimum Gasteiger partial charge on any atom is -0.494 e. The normalized spacial score (nSPS) is 14.4. The van der Waals surface area contributed by atoms with Gasteiger partial charge in [0, 0.05) is 39.4 Å². The lowest BCUT2D eigenvalue weighted by Gasteiger charge is -2.19. The van der Waals surface area contributed by atoms with E-state index in [0.717, 1.165) is 11.0 Å². The molecule has 0 aliphatic rings. The summed E-state index contributed by atoms with van der Waals surface area (Å²) in [5.41, 5.74) is 0.838. The first-order valence-corrected chi connectivity index (χ1v) is 11.3. The minimum absolute atomic E-state index is 0.0128. The average Bonchev–Trinajstić information content (AvgIpc) is 3.38. The first kappa shape index (κ1) is 18.9. The number of methoxy groups -OCH3 is 1. The fourth-order valence-corrected chi connectivity index (χ4v) is 3.70. The molecule has 2 N–H and O–H groups in total. The molecule has 0 amide bonds. The van der Waals surface area contributed by atoms with Crippen molar-refractivity contribution in [2.75, 3.05) is 17.7 Å². The summed E-state index contributed by atoms with van der Waals surface area (Å²) in [5.74, 6) is -0.658. The number of rotatable bonds is 8. The van der Waals surface area contributed by atoms with Crippen LogP contribution < -0.4 is 15.4 Å². The number of hydrogen-bond donors (Lipinski definition) is 2. The van der Waals surface area contributed by atoms with Crippen LogP contribution in [0.1, 0.15) is 58.2 Å². The second-order valence-corrected chi connectivity index (χ2v) is 9.15. The Balaban J connectivity index is 1.75. The van der Waals surface area contributed by atoms with Crippen molar-refractivity contribution in [3.8, 4) is 17.1 Å². The molecule has 0 spiro atoms. The fraction of sp³-hybridized carbons (Fsp3) is 0.296. The van der Waals surface area contributed by atoms with E-state index in [4.69, 9.17) is 13.0 Å². The Kier molecular flexibility index (Phi) is 5.27. The van der Waals surface area contributed by atoms with Crippen LogP contribution >= 0.6 is 0 Å². The van der Waals surface area contributed by atoms with Crippen molar-refractivity contribution in [3.63, 3.8) is 0 Å². The molecule has 1 aromatic carbocycles. The quantitative estimate of drug-likeness (QED) is 0.227. The molecule has 4 rings (SSSR count). The van der Waals surface area contributed by atoms with Crippen LogP contribution in [0.15, 0.2) is 48.9 Å². The fourth-order valence-electron chi connectivity index (χ4n) is 3.70. The highest BCUT2D eigenvalue weighted by Crippen LogP contribution is 2.37. The number of pyridine rings is 2. The van der Waals surface area contributed by atoms with Crippen LogP contribution in [0.2, 0.25) is 0 Å². The number of ether oxygens (including phenoxy) is 1. The molecule has 0 radical (unpaired) electrons. The number of nitrogens with one attached hydrogen (secondary N) is 2. The van der Waals surface area contributed by atoms with Gasteiger partial charge in [-0.3, -0.25) is 9.48 Å². The Morgan fingerprint density at radius 1 is 1.14 bits per heavy atom. The van der Waals surface area contributed by atoms with E-state index < -0.39 is 37.4 Å². The molecule has 3 aromatic heterocycles. The summed E-state index contributed by atoms with van der Waals surface area (Å²) in [5, 5.41) is 10.1. The summed E-state index contributed by atoms with van der Waals surface area (Å²) in [4.78, 5) is 25.3. The van der Waals surface area contributed by atoms with Gasteiger partial charge >= 0.3 is 0 Å². The number of anilines is 4. The summed E-state index contributed by atoms with van der Waals surface area (Å²) in [6.45, 7) is 0.553. The number of halogens is 1. The molecule has 10 heteroatoms. The van der Waals surface area contributed by atoms with E-state index in [1.165, 1.54) is 19.4 Å². The van der Waals surface area contributed by atoms with Crippen LogP contribution in [-0.2, 0) is 12.4 Å². The summed E-state index contributed by atoms with van der Waals surface area (Å²) < 4.78 is 66.4. The molecule has 0 atom stereocenters. The van der Waals surface area contributed by atoms with Crippen LogP contribution in [0.5, 0.6) is 5.75 Å². The van der Waals surface area contributed by atoms with Gasteiger partial charge in [-0.1, -0.05) is 39.8 Å². The molecular weight excluding hydrogens is 473 g/mol. The lowest BCUT2D eigenvalue weighted by Crippen LogP contribution is -2.15. The predicted molar refractivity (Wildman–Crippen MR) is 141 cm³/mol. The molecule has 0 saturated carbocycles. The first-order chi connectivity index (χ1) is 20.0. The van der Waals surface area contributed by atoms with E-state index in [9.17, 15) is 9.18 Å².